The van der Waals surface area contributed by atoms with Crippen LogP contribution in [-0.4, -0.2) is 29.9 Å². The van der Waals surface area contributed by atoms with Gasteiger partial charge in [0.1, 0.15) is 0 Å². The van der Waals surface area contributed by atoms with Gasteiger partial charge in [-0.3, -0.25) is 9.97 Å². The van der Waals surface area contributed by atoms with Crippen molar-refractivity contribution < 1.29 is 0 Å². The quantitative estimate of drug-likeness (QED) is 0.162. The Morgan fingerprint density at radius 1 is 0.267 bits per heavy atom. The number of fused-ring (bicyclic) bond motifs is 8. The van der Waals surface area contributed by atoms with Gasteiger partial charge in [-0.05, 0) is 77.9 Å². The molecule has 6 nitrogen and oxygen atoms in total. The summed E-state index contributed by atoms with van der Waals surface area (Å²) in [6.07, 6.45) is 3.64. The average molecular weight is 765 g/mol. The maximum Gasteiger partial charge on any atom is 0.0972 e. The van der Waals surface area contributed by atoms with Crippen molar-refractivity contribution in [1.29, 1.82) is 0 Å². The topological polar surface area (TPSA) is 77.3 Å². The summed E-state index contributed by atoms with van der Waals surface area (Å²) in [5, 5.41) is 6.40. The van der Waals surface area contributed by atoms with E-state index in [1.807, 2.05) is 42.7 Å². The number of pyridine rings is 6. The molecule has 0 unspecified atom stereocenters. The standard InChI is InChI=1S/C54H32N6/c1-2-6-33(7-3-1)46-22-16-36-14-15-37-17-23-47(60-53(37)52(36)59-46)35-12-10-34(11-13-35)45-26-20-40-30-38(18-24-48(40)57-45)39-19-25-49-41(31-39)21-27-50(58-49)44-32-42-8-4-28-55-51(42)54-43(44)9-5-29-56-54/h1-32H. The Morgan fingerprint density at radius 3 is 1.38 bits per heavy atom. The van der Waals surface area contributed by atoms with Crippen molar-refractivity contribution in [2.75, 3.05) is 0 Å². The zero-order valence-corrected chi connectivity index (χ0v) is 32.2. The monoisotopic (exact) mass is 764 g/mol. The van der Waals surface area contributed by atoms with Gasteiger partial charge < -0.3 is 0 Å². The van der Waals surface area contributed by atoms with Gasteiger partial charge in [0.25, 0.3) is 0 Å². The molecular weight excluding hydrogens is 733 g/mol. The van der Waals surface area contributed by atoms with Crippen LogP contribution >= 0.6 is 0 Å². The van der Waals surface area contributed by atoms with Crippen LogP contribution < -0.4 is 0 Å². The van der Waals surface area contributed by atoms with E-state index in [0.717, 1.165) is 122 Å². The van der Waals surface area contributed by atoms with Crippen LogP contribution in [0.15, 0.2) is 194 Å². The molecule has 0 aliphatic heterocycles. The number of nitrogens with zero attached hydrogens (tertiary/aromatic N) is 6. The molecule has 0 spiro atoms. The number of benzene rings is 6. The van der Waals surface area contributed by atoms with Gasteiger partial charge >= 0.3 is 0 Å². The third-order valence-corrected chi connectivity index (χ3v) is 11.5. The van der Waals surface area contributed by atoms with Gasteiger partial charge in [0, 0.05) is 67.0 Å². The minimum Gasteiger partial charge on any atom is -0.254 e. The van der Waals surface area contributed by atoms with Crippen LogP contribution in [0.5, 0.6) is 0 Å². The lowest BCUT2D eigenvalue weighted by atomic mass is 9.99. The molecular formula is C54H32N6. The van der Waals surface area contributed by atoms with E-state index in [2.05, 4.69) is 162 Å². The SMILES string of the molecule is c1ccc(-c2ccc3ccc4ccc(-c5ccc(-c6ccc7cc(-c8ccc9nc(-c%10cc%11cccnc%11c%11ncccc%10%11)ccc9c8)ccc7n6)cc5)nc4c3n2)cc1. The summed E-state index contributed by atoms with van der Waals surface area (Å²) in [5.74, 6) is 0. The highest BCUT2D eigenvalue weighted by molar-refractivity contribution is 6.10. The maximum atomic E-state index is 5.15. The maximum absolute atomic E-state index is 5.15. The molecule has 12 aromatic rings. The molecule has 0 N–H and O–H groups in total. The van der Waals surface area contributed by atoms with Crippen molar-refractivity contribution in [3.05, 3.63) is 194 Å². The van der Waals surface area contributed by atoms with Crippen LogP contribution in [-0.2, 0) is 0 Å². The largest absolute Gasteiger partial charge is 0.254 e. The summed E-state index contributed by atoms with van der Waals surface area (Å²) in [7, 11) is 0. The highest BCUT2D eigenvalue weighted by Gasteiger charge is 2.14. The predicted octanol–water partition coefficient (Wildman–Crippen LogP) is 13.3. The third kappa shape index (κ3) is 5.81. The summed E-state index contributed by atoms with van der Waals surface area (Å²) in [4.78, 5) is 29.7. The van der Waals surface area contributed by atoms with E-state index in [1.54, 1.807) is 0 Å². The van der Waals surface area contributed by atoms with Crippen LogP contribution in [0.4, 0.5) is 0 Å². The van der Waals surface area contributed by atoms with Crippen LogP contribution in [0.3, 0.4) is 0 Å². The second-order valence-electron chi connectivity index (χ2n) is 15.2. The Bertz CT molecular complexity index is 3660. The lowest BCUT2D eigenvalue weighted by Crippen LogP contribution is -1.91. The van der Waals surface area contributed by atoms with Gasteiger partial charge in [0.05, 0.1) is 55.9 Å². The van der Waals surface area contributed by atoms with E-state index < -0.39 is 0 Å². The first-order chi connectivity index (χ1) is 29.7. The Hall–Kier alpha value is -8.22. The smallest absolute Gasteiger partial charge is 0.0972 e. The van der Waals surface area contributed by atoms with E-state index in [4.69, 9.17) is 19.9 Å². The molecule has 6 aromatic heterocycles. The summed E-state index contributed by atoms with van der Waals surface area (Å²) in [5.41, 5.74) is 15.7. The van der Waals surface area contributed by atoms with Gasteiger partial charge in [0.15, 0.2) is 0 Å². The van der Waals surface area contributed by atoms with Crippen molar-refractivity contribution >= 4 is 65.4 Å². The minimum atomic E-state index is 0.888. The number of hydrogen-bond acceptors (Lipinski definition) is 6. The van der Waals surface area contributed by atoms with Crippen molar-refractivity contribution in [3.8, 4) is 56.2 Å². The Morgan fingerprint density at radius 2 is 0.750 bits per heavy atom. The predicted molar refractivity (Wildman–Crippen MR) is 245 cm³/mol. The van der Waals surface area contributed by atoms with Crippen molar-refractivity contribution in [3.63, 3.8) is 0 Å². The molecule has 12 rings (SSSR count). The molecule has 0 aliphatic rings. The van der Waals surface area contributed by atoms with E-state index in [-0.39, 0.29) is 0 Å². The fourth-order valence-corrected chi connectivity index (χ4v) is 8.42. The molecule has 0 saturated heterocycles. The first kappa shape index (κ1) is 33.9. The van der Waals surface area contributed by atoms with Crippen molar-refractivity contribution in [2.24, 2.45) is 0 Å². The molecule has 6 heterocycles. The van der Waals surface area contributed by atoms with Crippen LogP contribution in [0.2, 0.25) is 0 Å². The van der Waals surface area contributed by atoms with Crippen molar-refractivity contribution in [2.45, 2.75) is 0 Å². The molecule has 60 heavy (non-hydrogen) atoms. The second kappa shape index (κ2) is 13.7. The fraction of sp³-hybridized carbons (Fsp3) is 0. The zero-order chi connectivity index (χ0) is 39.6. The van der Waals surface area contributed by atoms with Gasteiger partial charge in [-0.1, -0.05) is 115 Å². The molecule has 0 aliphatic carbocycles. The van der Waals surface area contributed by atoms with E-state index in [1.165, 1.54) is 0 Å². The van der Waals surface area contributed by atoms with Crippen LogP contribution in [0.25, 0.3) is 122 Å². The molecule has 278 valence electrons. The Balaban J connectivity index is 0.820. The van der Waals surface area contributed by atoms with Crippen LogP contribution in [0.1, 0.15) is 0 Å². The van der Waals surface area contributed by atoms with Crippen molar-refractivity contribution in [1.82, 2.24) is 29.9 Å². The van der Waals surface area contributed by atoms with Crippen LogP contribution in [0, 0.1) is 0 Å². The molecule has 6 heteroatoms. The lowest BCUT2D eigenvalue weighted by molar-refractivity contribution is 1.36. The molecule has 0 radical (unpaired) electrons. The average Bonchev–Trinajstić information content (AvgIpc) is 3.33. The first-order valence-electron chi connectivity index (χ1n) is 20.0. The van der Waals surface area contributed by atoms with Gasteiger partial charge in [-0.25, -0.2) is 19.9 Å². The molecule has 0 amide bonds. The number of aromatic nitrogens is 6. The normalized spacial score (nSPS) is 11.7. The highest BCUT2D eigenvalue weighted by atomic mass is 14.8. The fourth-order valence-electron chi connectivity index (χ4n) is 8.42. The summed E-state index contributed by atoms with van der Waals surface area (Å²) in [6.45, 7) is 0. The molecule has 0 fully saturated rings. The molecule has 0 atom stereocenters. The highest BCUT2D eigenvalue weighted by Crippen LogP contribution is 2.35. The number of hydrogen-bond donors (Lipinski definition) is 0. The summed E-state index contributed by atoms with van der Waals surface area (Å²) >= 11 is 0. The summed E-state index contributed by atoms with van der Waals surface area (Å²) in [6, 6.07) is 63.2. The lowest BCUT2D eigenvalue weighted by Gasteiger charge is -2.11. The third-order valence-electron chi connectivity index (χ3n) is 11.5. The molecule has 6 aromatic carbocycles. The van der Waals surface area contributed by atoms with Gasteiger partial charge in [-0.2, -0.15) is 0 Å². The summed E-state index contributed by atoms with van der Waals surface area (Å²) < 4.78 is 0. The zero-order valence-electron chi connectivity index (χ0n) is 32.2. The molecule has 0 saturated carbocycles. The Labute approximate surface area is 344 Å². The van der Waals surface area contributed by atoms with Gasteiger partial charge in [0.2, 0.25) is 0 Å². The number of rotatable bonds is 5. The molecule has 0 bridgehead atoms. The Kier molecular flexibility index (Phi) is 7.74. The minimum absolute atomic E-state index is 0.888. The second-order valence-corrected chi connectivity index (χ2v) is 15.2. The van der Waals surface area contributed by atoms with E-state index >= 15 is 0 Å². The van der Waals surface area contributed by atoms with Gasteiger partial charge in [-0.15, -0.1) is 0 Å². The van der Waals surface area contributed by atoms with E-state index in [0.29, 0.717) is 0 Å². The van der Waals surface area contributed by atoms with E-state index in [9.17, 15) is 0 Å². The first-order valence-corrected chi connectivity index (χ1v) is 20.0.